The highest BCUT2D eigenvalue weighted by molar-refractivity contribution is 5.91. The molecular formula is C8H12N4O3. The van der Waals surface area contributed by atoms with Crippen LogP contribution < -0.4 is 10.6 Å². The van der Waals surface area contributed by atoms with Crippen LogP contribution in [0.3, 0.4) is 0 Å². The lowest BCUT2D eigenvalue weighted by atomic mass is 10.2. The van der Waals surface area contributed by atoms with Gasteiger partial charge in [0, 0.05) is 12.2 Å². The summed E-state index contributed by atoms with van der Waals surface area (Å²) in [5.41, 5.74) is 5.61. The fourth-order valence-corrected chi connectivity index (χ4v) is 1.32. The van der Waals surface area contributed by atoms with Gasteiger partial charge >= 0.3 is 12.0 Å². The molecule has 1 heterocycles. The number of H-pyrrole nitrogens is 1. The number of primary amides is 1. The summed E-state index contributed by atoms with van der Waals surface area (Å²) in [7, 11) is 0. The number of urea groups is 1. The first kappa shape index (κ1) is 11.0. The average Bonchev–Trinajstić information content (AvgIpc) is 2.54. The molecule has 0 radical (unpaired) electrons. The Balaban J connectivity index is 2.84. The Morgan fingerprint density at radius 1 is 1.73 bits per heavy atom. The molecule has 82 valence electrons. The van der Waals surface area contributed by atoms with Crippen LogP contribution in [-0.4, -0.2) is 33.3 Å². The van der Waals surface area contributed by atoms with Crippen molar-refractivity contribution in [1.82, 2.24) is 10.2 Å². The fraction of sp³-hybridized carbons (Fsp3) is 0.375. The number of nitrogens with one attached hydrogen (secondary N) is 1. The molecule has 1 atom stereocenters. The van der Waals surface area contributed by atoms with Gasteiger partial charge in [-0.2, -0.15) is 5.10 Å². The number of amides is 2. The van der Waals surface area contributed by atoms with Crippen molar-refractivity contribution in [3.63, 3.8) is 0 Å². The number of aromatic nitrogens is 2. The number of carbonyl (C=O) groups is 2. The van der Waals surface area contributed by atoms with Crippen LogP contribution in [0.5, 0.6) is 0 Å². The third kappa shape index (κ3) is 2.70. The molecular weight excluding hydrogens is 200 g/mol. The summed E-state index contributed by atoms with van der Waals surface area (Å²) in [4.78, 5) is 22.8. The van der Waals surface area contributed by atoms with Gasteiger partial charge in [0.25, 0.3) is 0 Å². The number of carbonyl (C=O) groups excluding carboxylic acids is 1. The first-order valence-corrected chi connectivity index (χ1v) is 4.31. The fourth-order valence-electron chi connectivity index (χ4n) is 1.32. The molecule has 1 aromatic heterocycles. The zero-order chi connectivity index (χ0) is 11.4. The number of carboxylic acids is 1. The molecule has 4 N–H and O–H groups in total. The molecule has 7 heteroatoms. The summed E-state index contributed by atoms with van der Waals surface area (Å²) in [5.74, 6) is -0.989. The zero-order valence-corrected chi connectivity index (χ0v) is 8.17. The maximum atomic E-state index is 11.1. The second-order valence-electron chi connectivity index (χ2n) is 3.11. The molecule has 0 aliphatic rings. The molecule has 1 unspecified atom stereocenters. The monoisotopic (exact) mass is 212 g/mol. The lowest BCUT2D eigenvalue weighted by Crippen LogP contribution is -2.43. The third-order valence-electron chi connectivity index (χ3n) is 1.91. The van der Waals surface area contributed by atoms with Crippen LogP contribution in [0.15, 0.2) is 12.4 Å². The van der Waals surface area contributed by atoms with Gasteiger partial charge in [-0.1, -0.05) is 0 Å². The quantitative estimate of drug-likeness (QED) is 0.659. The van der Waals surface area contributed by atoms with Crippen molar-refractivity contribution in [3.8, 4) is 0 Å². The number of hydrogen-bond acceptors (Lipinski definition) is 3. The van der Waals surface area contributed by atoms with Crippen molar-refractivity contribution < 1.29 is 14.7 Å². The van der Waals surface area contributed by atoms with Gasteiger partial charge in [-0.15, -0.1) is 0 Å². The van der Waals surface area contributed by atoms with Crippen LogP contribution in [0.4, 0.5) is 10.5 Å². The van der Waals surface area contributed by atoms with Crippen LogP contribution in [0.1, 0.15) is 13.3 Å². The van der Waals surface area contributed by atoms with Crippen LogP contribution in [0, 0.1) is 0 Å². The van der Waals surface area contributed by atoms with E-state index in [0.29, 0.717) is 5.69 Å². The Bertz CT molecular complexity index is 349. The van der Waals surface area contributed by atoms with Gasteiger partial charge in [0.05, 0.1) is 18.3 Å². The third-order valence-corrected chi connectivity index (χ3v) is 1.91. The van der Waals surface area contributed by atoms with Crippen molar-refractivity contribution in [2.24, 2.45) is 5.73 Å². The highest BCUT2D eigenvalue weighted by atomic mass is 16.4. The van der Waals surface area contributed by atoms with Crippen LogP contribution in [0.25, 0.3) is 0 Å². The highest BCUT2D eigenvalue weighted by Crippen LogP contribution is 2.16. The molecule has 0 aromatic carbocycles. The largest absolute Gasteiger partial charge is 0.481 e. The van der Waals surface area contributed by atoms with E-state index in [1.807, 2.05) is 0 Å². The van der Waals surface area contributed by atoms with Crippen LogP contribution >= 0.6 is 0 Å². The molecule has 1 aromatic rings. The average molecular weight is 212 g/mol. The molecule has 0 aliphatic carbocycles. The first-order chi connectivity index (χ1) is 7.02. The molecule has 7 nitrogen and oxygen atoms in total. The topological polar surface area (TPSA) is 112 Å². The lowest BCUT2D eigenvalue weighted by Gasteiger charge is -2.24. The minimum Gasteiger partial charge on any atom is -0.481 e. The van der Waals surface area contributed by atoms with E-state index in [2.05, 4.69) is 10.2 Å². The number of nitrogens with zero attached hydrogens (tertiary/aromatic N) is 2. The smallest absolute Gasteiger partial charge is 0.319 e. The van der Waals surface area contributed by atoms with Gasteiger partial charge in [0.1, 0.15) is 0 Å². The Hall–Kier alpha value is -2.05. The van der Waals surface area contributed by atoms with E-state index in [1.165, 1.54) is 17.3 Å². The van der Waals surface area contributed by atoms with E-state index in [-0.39, 0.29) is 6.42 Å². The Labute approximate surface area is 85.9 Å². The number of anilines is 1. The molecule has 2 amide bonds. The van der Waals surface area contributed by atoms with Gasteiger partial charge in [0.15, 0.2) is 0 Å². The lowest BCUT2D eigenvalue weighted by molar-refractivity contribution is -0.137. The maximum Gasteiger partial charge on any atom is 0.319 e. The number of nitrogens with two attached hydrogens (primary N) is 1. The normalized spacial score (nSPS) is 12.1. The molecule has 0 bridgehead atoms. The maximum absolute atomic E-state index is 11.1. The zero-order valence-electron chi connectivity index (χ0n) is 8.17. The number of carboxylic acid groups (broad SMARTS) is 1. The van der Waals surface area contributed by atoms with Crippen molar-refractivity contribution in [3.05, 3.63) is 12.4 Å². The first-order valence-electron chi connectivity index (χ1n) is 4.31. The molecule has 0 spiro atoms. The molecule has 0 aliphatic heterocycles. The Kier molecular flexibility index (Phi) is 3.27. The number of hydrogen-bond donors (Lipinski definition) is 3. The summed E-state index contributed by atoms with van der Waals surface area (Å²) >= 11 is 0. The molecule has 0 fully saturated rings. The van der Waals surface area contributed by atoms with Crippen molar-refractivity contribution in [2.45, 2.75) is 19.4 Å². The van der Waals surface area contributed by atoms with Gasteiger partial charge in [-0.3, -0.25) is 14.8 Å². The Morgan fingerprint density at radius 3 is 2.80 bits per heavy atom. The molecule has 1 rings (SSSR count). The summed E-state index contributed by atoms with van der Waals surface area (Å²) < 4.78 is 0. The molecule has 0 saturated heterocycles. The van der Waals surface area contributed by atoms with E-state index in [0.717, 1.165) is 0 Å². The second-order valence-corrected chi connectivity index (χ2v) is 3.11. The van der Waals surface area contributed by atoms with Gasteiger partial charge in [-0.05, 0) is 6.92 Å². The number of aliphatic carboxylic acids is 1. The van der Waals surface area contributed by atoms with Gasteiger partial charge in [0.2, 0.25) is 0 Å². The van der Waals surface area contributed by atoms with Gasteiger partial charge in [-0.25, -0.2) is 4.79 Å². The SMILES string of the molecule is CC(CC(=O)O)N(C(N)=O)c1cn[nH]c1. The standard InChI is InChI=1S/C8H12N4O3/c1-5(2-7(13)14)12(8(9)15)6-3-10-11-4-6/h3-5H,2H2,1H3,(H2,9,15)(H,10,11)(H,13,14). The molecule has 15 heavy (non-hydrogen) atoms. The Morgan fingerprint density at radius 2 is 2.40 bits per heavy atom. The van der Waals surface area contributed by atoms with Crippen molar-refractivity contribution >= 4 is 17.7 Å². The summed E-state index contributed by atoms with van der Waals surface area (Å²) in [5, 5.41) is 14.8. The highest BCUT2D eigenvalue weighted by Gasteiger charge is 2.22. The van der Waals surface area contributed by atoms with E-state index >= 15 is 0 Å². The van der Waals surface area contributed by atoms with E-state index < -0.39 is 18.0 Å². The van der Waals surface area contributed by atoms with E-state index in [4.69, 9.17) is 10.8 Å². The van der Waals surface area contributed by atoms with Crippen LogP contribution in [0.2, 0.25) is 0 Å². The predicted octanol–water partition coefficient (Wildman–Crippen LogP) is 0.158. The second kappa shape index (κ2) is 4.45. The predicted molar refractivity (Wildman–Crippen MR) is 52.4 cm³/mol. The van der Waals surface area contributed by atoms with E-state index in [9.17, 15) is 9.59 Å². The number of aromatic amines is 1. The summed E-state index contributed by atoms with van der Waals surface area (Å²) in [6.07, 6.45) is 2.71. The van der Waals surface area contributed by atoms with Gasteiger partial charge < -0.3 is 10.8 Å². The minimum absolute atomic E-state index is 0.173. The number of rotatable bonds is 4. The summed E-state index contributed by atoms with van der Waals surface area (Å²) in [6, 6.07) is -1.22. The molecule has 0 saturated carbocycles. The van der Waals surface area contributed by atoms with Crippen molar-refractivity contribution in [1.29, 1.82) is 0 Å². The summed E-state index contributed by atoms with van der Waals surface area (Å²) in [6.45, 7) is 1.60. The van der Waals surface area contributed by atoms with Crippen molar-refractivity contribution in [2.75, 3.05) is 4.90 Å². The minimum atomic E-state index is -0.989. The van der Waals surface area contributed by atoms with Crippen LogP contribution in [-0.2, 0) is 4.79 Å². The van der Waals surface area contributed by atoms with E-state index in [1.54, 1.807) is 6.92 Å².